The average molecular weight is 477 g/mol. The van der Waals surface area contributed by atoms with Crippen LogP contribution in [0.1, 0.15) is 56.6 Å². The van der Waals surface area contributed by atoms with Gasteiger partial charge in [-0.05, 0) is 73.1 Å². The number of anilines is 1. The number of benzene rings is 2. The number of hydrogen-bond donors (Lipinski definition) is 2. The van der Waals surface area contributed by atoms with Crippen LogP contribution in [0.2, 0.25) is 0 Å². The summed E-state index contributed by atoms with van der Waals surface area (Å²) in [6, 6.07) is 13.2. The van der Waals surface area contributed by atoms with Crippen molar-refractivity contribution in [1.29, 1.82) is 0 Å². The van der Waals surface area contributed by atoms with Gasteiger partial charge in [-0.1, -0.05) is 38.3 Å². The molecule has 0 fully saturated rings. The van der Waals surface area contributed by atoms with Crippen molar-refractivity contribution in [1.82, 2.24) is 4.72 Å². The molecule has 0 aromatic heterocycles. The quantitative estimate of drug-likeness (QED) is 0.367. The maximum atomic E-state index is 13.1. The Morgan fingerprint density at radius 1 is 1.03 bits per heavy atom. The molecule has 6 nitrogen and oxygen atoms in total. The molecule has 0 aliphatic heterocycles. The zero-order valence-electron chi connectivity index (χ0n) is 20.5. The van der Waals surface area contributed by atoms with Crippen molar-refractivity contribution < 1.29 is 18.3 Å². The van der Waals surface area contributed by atoms with E-state index in [1.807, 2.05) is 55.4 Å². The summed E-state index contributed by atoms with van der Waals surface area (Å²) in [5.41, 5.74) is 2.74. The highest BCUT2D eigenvalue weighted by Gasteiger charge is 2.19. The summed E-state index contributed by atoms with van der Waals surface area (Å²) < 4.78 is 34.3. The number of ether oxygens (including phenoxy) is 1. The van der Waals surface area contributed by atoms with Gasteiger partial charge in [0.05, 0.1) is 12.0 Å². The maximum Gasteiger partial charge on any atom is 0.240 e. The fraction of sp³-hybridized carbons (Fsp3) is 0.538. The molecule has 2 rings (SSSR count). The van der Waals surface area contributed by atoms with Crippen molar-refractivity contribution in [3.63, 3.8) is 0 Å². The minimum atomic E-state index is -3.63. The van der Waals surface area contributed by atoms with E-state index >= 15 is 0 Å². The number of unbranched alkanes of at least 4 members (excludes halogenated alkanes) is 2. The van der Waals surface area contributed by atoms with Gasteiger partial charge in [0.25, 0.3) is 0 Å². The molecule has 2 N–H and O–H groups in total. The van der Waals surface area contributed by atoms with Crippen LogP contribution in [-0.2, 0) is 16.4 Å². The van der Waals surface area contributed by atoms with Gasteiger partial charge < -0.3 is 14.7 Å². The van der Waals surface area contributed by atoms with E-state index in [2.05, 4.69) is 11.6 Å². The lowest BCUT2D eigenvalue weighted by Gasteiger charge is -2.18. The maximum absolute atomic E-state index is 13.1. The molecular formula is C26H40N2O4S. The molecule has 0 spiro atoms. The predicted molar refractivity (Wildman–Crippen MR) is 136 cm³/mol. The summed E-state index contributed by atoms with van der Waals surface area (Å²) in [5.74, 6) is 1.09. The van der Waals surface area contributed by atoms with Gasteiger partial charge >= 0.3 is 0 Å². The van der Waals surface area contributed by atoms with Gasteiger partial charge in [-0.25, -0.2) is 13.1 Å². The van der Waals surface area contributed by atoms with Gasteiger partial charge in [-0.2, -0.15) is 0 Å². The average Bonchev–Trinajstić information content (AvgIpc) is 2.81. The summed E-state index contributed by atoms with van der Waals surface area (Å²) >= 11 is 0. The first-order chi connectivity index (χ1) is 15.8. The highest BCUT2D eigenvalue weighted by atomic mass is 32.2. The van der Waals surface area contributed by atoms with E-state index in [0.717, 1.165) is 61.1 Å². The molecule has 0 aliphatic rings. The van der Waals surface area contributed by atoms with E-state index in [1.165, 1.54) is 0 Å². The molecule has 1 unspecified atom stereocenters. The highest BCUT2D eigenvalue weighted by Crippen LogP contribution is 2.25. The van der Waals surface area contributed by atoms with Crippen LogP contribution in [0.25, 0.3) is 0 Å². The van der Waals surface area contributed by atoms with Crippen LogP contribution in [-0.4, -0.2) is 47.9 Å². The summed E-state index contributed by atoms with van der Waals surface area (Å²) in [6.45, 7) is 2.75. The van der Waals surface area contributed by atoms with Crippen molar-refractivity contribution in [2.45, 2.75) is 56.8 Å². The Kier molecular flexibility index (Phi) is 11.2. The lowest BCUT2D eigenvalue weighted by atomic mass is 9.97. The lowest BCUT2D eigenvalue weighted by molar-refractivity contribution is 0.205. The molecule has 0 saturated carbocycles. The Morgan fingerprint density at radius 3 is 2.33 bits per heavy atom. The zero-order chi connectivity index (χ0) is 24.3. The molecule has 0 amide bonds. The van der Waals surface area contributed by atoms with Crippen LogP contribution < -0.4 is 14.4 Å². The van der Waals surface area contributed by atoms with E-state index in [-0.39, 0.29) is 6.61 Å². The van der Waals surface area contributed by atoms with E-state index < -0.39 is 10.0 Å². The minimum absolute atomic E-state index is 0.207. The molecule has 7 heteroatoms. The number of hydrogen-bond acceptors (Lipinski definition) is 5. The molecule has 33 heavy (non-hydrogen) atoms. The second-order valence-corrected chi connectivity index (χ2v) is 10.5. The Bertz CT molecular complexity index is 943. The van der Waals surface area contributed by atoms with Crippen LogP contribution in [0.15, 0.2) is 47.4 Å². The van der Waals surface area contributed by atoms with Gasteiger partial charge in [0, 0.05) is 32.9 Å². The fourth-order valence-electron chi connectivity index (χ4n) is 3.87. The third-order valence-corrected chi connectivity index (χ3v) is 7.52. The van der Waals surface area contributed by atoms with E-state index in [9.17, 15) is 13.5 Å². The van der Waals surface area contributed by atoms with Crippen LogP contribution >= 0.6 is 0 Å². The van der Waals surface area contributed by atoms with Gasteiger partial charge in [0.2, 0.25) is 10.0 Å². The number of nitrogens with one attached hydrogen (secondary N) is 1. The molecule has 0 bridgehead atoms. The molecular weight excluding hydrogens is 436 g/mol. The van der Waals surface area contributed by atoms with Crippen molar-refractivity contribution in [2.24, 2.45) is 5.92 Å². The van der Waals surface area contributed by atoms with Crippen molar-refractivity contribution in [3.8, 4) is 5.75 Å². The second kappa shape index (κ2) is 13.6. The third kappa shape index (κ3) is 8.65. The molecule has 2 aromatic carbocycles. The molecule has 184 valence electrons. The topological polar surface area (TPSA) is 78.9 Å². The summed E-state index contributed by atoms with van der Waals surface area (Å²) in [4.78, 5) is 2.29. The molecule has 2 aromatic rings. The lowest BCUT2D eigenvalue weighted by Crippen LogP contribution is -2.26. The number of rotatable bonds is 15. The molecule has 0 saturated heterocycles. The molecule has 0 radical (unpaired) electrons. The predicted octanol–water partition coefficient (Wildman–Crippen LogP) is 4.60. The minimum Gasteiger partial charge on any atom is -0.497 e. The number of aliphatic hydroxyl groups excluding tert-OH is 1. The Hall–Kier alpha value is -2.09. The first-order valence-electron chi connectivity index (χ1n) is 11.8. The number of sulfonamides is 1. The Labute approximate surface area is 200 Å². The standard InChI is InChI=1S/C26H40N2O4S/c1-5-6-9-22(20-29)10-7-8-17-27-33(30,31)26-16-13-24(28(2)3)19-23(26)18-21-11-14-25(32-4)15-12-21/h11-16,19,22,27,29H,5-10,17-18,20H2,1-4H3. The first-order valence-corrected chi connectivity index (χ1v) is 13.3. The summed E-state index contributed by atoms with van der Waals surface area (Å²) in [7, 11) is 1.88. The van der Waals surface area contributed by atoms with E-state index in [1.54, 1.807) is 13.2 Å². The van der Waals surface area contributed by atoms with Gasteiger partial charge in [0.15, 0.2) is 0 Å². The highest BCUT2D eigenvalue weighted by molar-refractivity contribution is 7.89. The fourth-order valence-corrected chi connectivity index (χ4v) is 5.16. The van der Waals surface area contributed by atoms with Crippen LogP contribution in [0.3, 0.4) is 0 Å². The van der Waals surface area contributed by atoms with Crippen LogP contribution in [0, 0.1) is 5.92 Å². The number of aliphatic hydroxyl groups is 1. The van der Waals surface area contributed by atoms with Gasteiger partial charge in [-0.15, -0.1) is 0 Å². The largest absolute Gasteiger partial charge is 0.497 e. The van der Waals surface area contributed by atoms with Gasteiger partial charge in [0.1, 0.15) is 5.75 Å². The van der Waals surface area contributed by atoms with Crippen molar-refractivity contribution in [2.75, 3.05) is 39.3 Å². The monoisotopic (exact) mass is 476 g/mol. The van der Waals surface area contributed by atoms with E-state index in [4.69, 9.17) is 4.74 Å². The van der Waals surface area contributed by atoms with Crippen molar-refractivity contribution in [3.05, 3.63) is 53.6 Å². The number of nitrogens with zero attached hydrogens (tertiary/aromatic N) is 1. The molecule has 0 aliphatic carbocycles. The SMILES string of the molecule is CCCCC(CO)CCCCNS(=O)(=O)c1ccc(N(C)C)cc1Cc1ccc(OC)cc1. The molecule has 0 heterocycles. The van der Waals surface area contributed by atoms with Crippen LogP contribution in [0.5, 0.6) is 5.75 Å². The normalized spacial score (nSPS) is 12.5. The summed E-state index contributed by atoms with van der Waals surface area (Å²) in [6.07, 6.45) is 6.38. The smallest absolute Gasteiger partial charge is 0.240 e. The third-order valence-electron chi connectivity index (χ3n) is 5.96. The Balaban J connectivity index is 2.07. The van der Waals surface area contributed by atoms with E-state index in [0.29, 0.717) is 23.8 Å². The summed E-state index contributed by atoms with van der Waals surface area (Å²) in [5, 5.41) is 9.51. The number of methoxy groups -OCH3 is 1. The molecule has 1 atom stereocenters. The first kappa shape index (κ1) is 27.2. The van der Waals surface area contributed by atoms with Gasteiger partial charge in [-0.3, -0.25) is 0 Å². The van der Waals surface area contributed by atoms with Crippen molar-refractivity contribution >= 4 is 15.7 Å². The zero-order valence-corrected chi connectivity index (χ0v) is 21.3. The van der Waals surface area contributed by atoms with Crippen LogP contribution in [0.4, 0.5) is 5.69 Å². The second-order valence-electron chi connectivity index (χ2n) is 8.80. The Morgan fingerprint density at radius 2 is 1.73 bits per heavy atom.